The molecule has 1 saturated carbocycles. The first-order valence-corrected chi connectivity index (χ1v) is 9.45. The summed E-state index contributed by atoms with van der Waals surface area (Å²) < 4.78 is 11.4. The third-order valence-electron chi connectivity index (χ3n) is 5.12. The van der Waals surface area contributed by atoms with Gasteiger partial charge < -0.3 is 14.2 Å². The summed E-state index contributed by atoms with van der Waals surface area (Å²) in [5, 5.41) is 2.97. The fourth-order valence-corrected chi connectivity index (χ4v) is 3.34. The lowest BCUT2D eigenvalue weighted by atomic mass is 10.2. The van der Waals surface area contributed by atoms with Crippen molar-refractivity contribution in [1.29, 1.82) is 0 Å². The molecule has 26 heavy (non-hydrogen) atoms. The van der Waals surface area contributed by atoms with Crippen LogP contribution in [-0.4, -0.2) is 30.4 Å². The Balaban J connectivity index is 1.55. The van der Waals surface area contributed by atoms with Crippen LogP contribution in [0.3, 0.4) is 0 Å². The number of rotatable bonds is 9. The predicted molar refractivity (Wildman–Crippen MR) is 102 cm³/mol. The lowest BCUT2D eigenvalue weighted by molar-refractivity contribution is -0.116. The molecule has 0 radical (unpaired) electrons. The maximum Gasteiger partial charge on any atom is 0.244 e. The van der Waals surface area contributed by atoms with E-state index in [1.165, 1.54) is 12.5 Å². The van der Waals surface area contributed by atoms with Crippen LogP contribution in [0.25, 0.3) is 6.08 Å². The number of hydrogen-bond acceptors (Lipinski definition) is 4. The summed E-state index contributed by atoms with van der Waals surface area (Å²) in [6.45, 7) is 8.72. The molecular weight excluding hydrogens is 328 g/mol. The molecule has 0 saturated heterocycles. The Hall–Kier alpha value is -2.27. The normalized spacial score (nSPS) is 20.6. The molecule has 1 N–H and O–H groups in total. The van der Waals surface area contributed by atoms with Gasteiger partial charge in [0.15, 0.2) is 0 Å². The van der Waals surface area contributed by atoms with E-state index >= 15 is 0 Å². The fraction of sp³-hybridized carbons (Fsp3) is 0.476. The summed E-state index contributed by atoms with van der Waals surface area (Å²) in [6.07, 6.45) is 6.12. The molecule has 1 aliphatic rings. The topological polar surface area (TPSA) is 58.6 Å². The van der Waals surface area contributed by atoms with E-state index in [1.54, 1.807) is 12.3 Å². The van der Waals surface area contributed by atoms with Crippen LogP contribution in [0.2, 0.25) is 0 Å². The largest absolute Gasteiger partial charge is 0.468 e. The average Bonchev–Trinajstić information content (AvgIpc) is 3.08. The van der Waals surface area contributed by atoms with Gasteiger partial charge in [-0.25, -0.2) is 0 Å². The summed E-state index contributed by atoms with van der Waals surface area (Å²) in [6, 6.07) is 7.80. The molecule has 5 heteroatoms. The van der Waals surface area contributed by atoms with Crippen LogP contribution in [-0.2, 0) is 4.79 Å². The number of amides is 1. The highest BCUT2D eigenvalue weighted by Crippen LogP contribution is 2.47. The van der Waals surface area contributed by atoms with E-state index < -0.39 is 0 Å². The Morgan fingerprint density at radius 3 is 2.73 bits per heavy atom. The van der Waals surface area contributed by atoms with E-state index in [9.17, 15) is 4.79 Å². The zero-order chi connectivity index (χ0) is 18.5. The number of nitrogens with zero attached hydrogens (tertiary/aromatic N) is 1. The van der Waals surface area contributed by atoms with E-state index in [1.807, 2.05) is 24.3 Å². The van der Waals surface area contributed by atoms with Crippen LogP contribution in [0.5, 0.6) is 0 Å². The monoisotopic (exact) mass is 356 g/mol. The van der Waals surface area contributed by atoms with Crippen molar-refractivity contribution in [3.63, 3.8) is 0 Å². The van der Waals surface area contributed by atoms with Crippen molar-refractivity contribution >= 4 is 12.0 Å². The van der Waals surface area contributed by atoms with Gasteiger partial charge in [-0.15, -0.1) is 0 Å². The highest BCUT2D eigenvalue weighted by atomic mass is 16.3. The number of furan rings is 2. The lowest BCUT2D eigenvalue weighted by Gasteiger charge is -2.28. The van der Waals surface area contributed by atoms with Gasteiger partial charge in [0, 0.05) is 18.5 Å². The first-order valence-electron chi connectivity index (χ1n) is 9.45. The minimum atomic E-state index is -0.133. The fourth-order valence-electron chi connectivity index (χ4n) is 3.34. The van der Waals surface area contributed by atoms with Gasteiger partial charge in [-0.3, -0.25) is 9.69 Å². The highest BCUT2D eigenvalue weighted by Gasteiger charge is 2.36. The summed E-state index contributed by atoms with van der Waals surface area (Å²) in [4.78, 5) is 14.5. The second-order valence-corrected chi connectivity index (χ2v) is 6.89. The van der Waals surface area contributed by atoms with Crippen molar-refractivity contribution in [2.24, 2.45) is 5.92 Å². The number of hydrogen-bond donors (Lipinski definition) is 1. The number of carbonyl (C=O) groups excluding carboxylic acids is 1. The molecule has 2 aromatic rings. The Morgan fingerprint density at radius 1 is 1.35 bits per heavy atom. The third kappa shape index (κ3) is 4.47. The minimum Gasteiger partial charge on any atom is -0.468 e. The number of carbonyl (C=O) groups is 1. The average molecular weight is 356 g/mol. The Kier molecular flexibility index (Phi) is 5.99. The van der Waals surface area contributed by atoms with Gasteiger partial charge in [-0.2, -0.15) is 0 Å². The molecule has 1 aliphatic carbocycles. The Labute approximate surface area is 155 Å². The molecule has 1 fully saturated rings. The van der Waals surface area contributed by atoms with Gasteiger partial charge in [0.1, 0.15) is 17.3 Å². The van der Waals surface area contributed by atoms with Gasteiger partial charge in [0.05, 0.1) is 12.3 Å². The molecular formula is C21H28N2O3. The zero-order valence-corrected chi connectivity index (χ0v) is 15.8. The van der Waals surface area contributed by atoms with Crippen LogP contribution < -0.4 is 5.32 Å². The molecule has 0 aromatic carbocycles. The van der Waals surface area contributed by atoms with Crippen molar-refractivity contribution in [2.75, 3.05) is 19.6 Å². The molecule has 2 aromatic heterocycles. The Morgan fingerprint density at radius 2 is 2.12 bits per heavy atom. The van der Waals surface area contributed by atoms with Gasteiger partial charge in [-0.05, 0) is 55.8 Å². The van der Waals surface area contributed by atoms with E-state index in [2.05, 4.69) is 31.0 Å². The van der Waals surface area contributed by atoms with Gasteiger partial charge >= 0.3 is 0 Å². The molecule has 3 atom stereocenters. The van der Waals surface area contributed by atoms with Crippen molar-refractivity contribution in [2.45, 2.75) is 39.2 Å². The Bertz CT molecular complexity index is 728. The standard InChI is InChI=1S/C21H28N2O3/c1-4-23(5-2)18(20-7-6-12-25-20)14-22-21(24)11-9-16-8-10-19(26-16)17-13-15(17)3/h6-12,15,17-18H,4-5,13-14H2,1-3H3,(H,22,24)/b11-9+. The van der Waals surface area contributed by atoms with E-state index in [0.717, 1.165) is 30.4 Å². The first-order chi connectivity index (χ1) is 12.6. The molecule has 140 valence electrons. The highest BCUT2D eigenvalue weighted by molar-refractivity contribution is 5.91. The molecule has 1 amide bonds. The van der Waals surface area contributed by atoms with Crippen LogP contribution >= 0.6 is 0 Å². The third-order valence-corrected chi connectivity index (χ3v) is 5.12. The number of nitrogens with one attached hydrogen (secondary N) is 1. The van der Waals surface area contributed by atoms with Crippen molar-refractivity contribution in [3.8, 4) is 0 Å². The van der Waals surface area contributed by atoms with E-state index in [0.29, 0.717) is 18.4 Å². The zero-order valence-electron chi connectivity index (χ0n) is 15.8. The number of likely N-dealkylation sites (N-methyl/N-ethyl adjacent to an activating group) is 1. The quantitative estimate of drug-likeness (QED) is 0.684. The van der Waals surface area contributed by atoms with Crippen molar-refractivity contribution in [1.82, 2.24) is 10.2 Å². The van der Waals surface area contributed by atoms with Gasteiger partial charge in [-0.1, -0.05) is 20.8 Å². The van der Waals surface area contributed by atoms with Crippen LogP contribution in [0, 0.1) is 5.92 Å². The molecule has 0 aliphatic heterocycles. The maximum atomic E-state index is 12.2. The van der Waals surface area contributed by atoms with Crippen molar-refractivity contribution < 1.29 is 13.6 Å². The SMILES string of the molecule is CCN(CC)C(CNC(=O)/C=C/c1ccc(C2CC2C)o1)c1ccco1. The molecule has 3 unspecified atom stereocenters. The molecule has 0 bridgehead atoms. The molecule has 3 rings (SSSR count). The molecule has 0 spiro atoms. The van der Waals surface area contributed by atoms with E-state index in [4.69, 9.17) is 8.83 Å². The van der Waals surface area contributed by atoms with Gasteiger partial charge in [0.25, 0.3) is 0 Å². The summed E-state index contributed by atoms with van der Waals surface area (Å²) in [5.41, 5.74) is 0. The maximum absolute atomic E-state index is 12.2. The van der Waals surface area contributed by atoms with E-state index in [-0.39, 0.29) is 11.9 Å². The molecule has 5 nitrogen and oxygen atoms in total. The summed E-state index contributed by atoms with van der Waals surface area (Å²) in [5.74, 6) is 3.74. The van der Waals surface area contributed by atoms with Gasteiger partial charge in [0.2, 0.25) is 5.91 Å². The minimum absolute atomic E-state index is 0.0314. The van der Waals surface area contributed by atoms with Crippen molar-refractivity contribution in [3.05, 3.63) is 53.9 Å². The summed E-state index contributed by atoms with van der Waals surface area (Å²) in [7, 11) is 0. The van der Waals surface area contributed by atoms with Crippen LogP contribution in [0.4, 0.5) is 0 Å². The first kappa shape index (κ1) is 18.5. The summed E-state index contributed by atoms with van der Waals surface area (Å²) >= 11 is 0. The second kappa shape index (κ2) is 8.41. The molecule has 2 heterocycles. The lowest BCUT2D eigenvalue weighted by Crippen LogP contribution is -2.37. The smallest absolute Gasteiger partial charge is 0.244 e. The second-order valence-electron chi connectivity index (χ2n) is 6.89. The van der Waals surface area contributed by atoms with Crippen LogP contribution in [0.15, 0.2) is 45.4 Å². The van der Waals surface area contributed by atoms with Crippen LogP contribution in [0.1, 0.15) is 56.4 Å². The predicted octanol–water partition coefficient (Wildman–Crippen LogP) is 4.21.